The Hall–Kier alpha value is -3.36. The van der Waals surface area contributed by atoms with Crippen LogP contribution in [0.2, 0.25) is 0 Å². The van der Waals surface area contributed by atoms with E-state index in [9.17, 15) is 14.7 Å². The van der Waals surface area contributed by atoms with Crippen molar-refractivity contribution in [3.05, 3.63) is 76.4 Å². The predicted molar refractivity (Wildman–Crippen MR) is 129 cm³/mol. The zero-order valence-electron chi connectivity index (χ0n) is 17.3. The first-order chi connectivity index (χ1) is 15.4. The van der Waals surface area contributed by atoms with Gasteiger partial charge in [0.05, 0.1) is 22.8 Å². The van der Waals surface area contributed by atoms with Crippen LogP contribution in [0.15, 0.2) is 63.9 Å². The highest BCUT2D eigenvalue weighted by molar-refractivity contribution is 8.27. The number of ether oxygens (including phenoxy) is 1. The molecular formula is C24H19NO5S2. The molecule has 1 aliphatic heterocycles. The molecule has 0 radical (unpaired) electrons. The first-order valence-electron chi connectivity index (χ1n) is 9.82. The number of thiocarbonyl (C=S) groups is 1. The van der Waals surface area contributed by atoms with Gasteiger partial charge in [0.1, 0.15) is 17.3 Å². The molecule has 0 spiro atoms. The quantitative estimate of drug-likeness (QED) is 0.366. The van der Waals surface area contributed by atoms with E-state index in [0.29, 0.717) is 38.6 Å². The van der Waals surface area contributed by atoms with Crippen LogP contribution >= 0.6 is 24.0 Å². The molecule has 32 heavy (non-hydrogen) atoms. The van der Waals surface area contributed by atoms with Gasteiger partial charge < -0.3 is 14.3 Å². The van der Waals surface area contributed by atoms with Crippen molar-refractivity contribution in [2.24, 2.45) is 0 Å². The number of amides is 1. The van der Waals surface area contributed by atoms with Crippen molar-refractivity contribution in [1.82, 2.24) is 0 Å². The third-order valence-corrected chi connectivity index (χ3v) is 6.15. The highest BCUT2D eigenvalue weighted by atomic mass is 32.2. The lowest BCUT2D eigenvalue weighted by atomic mass is 10.0. The molecule has 1 fully saturated rings. The Morgan fingerprint density at radius 3 is 2.62 bits per heavy atom. The summed E-state index contributed by atoms with van der Waals surface area (Å²) in [6, 6.07) is 15.6. The molecule has 1 amide bonds. The molecule has 0 bridgehead atoms. The lowest BCUT2D eigenvalue weighted by molar-refractivity contribution is -0.113. The maximum Gasteiger partial charge on any atom is 0.335 e. The van der Waals surface area contributed by atoms with E-state index in [2.05, 4.69) is 0 Å². The molecule has 2 heterocycles. The summed E-state index contributed by atoms with van der Waals surface area (Å²) in [5.74, 6) is 0.496. The molecule has 1 aromatic heterocycles. The molecule has 0 unspecified atom stereocenters. The standard InChI is InChI=1S/C24H19NO5S2/c1-3-29-17-8-6-16(7-9-17)25-22(26)21(32-24(25)31)13-18-10-11-20(30-18)19-12-15(23(27)28)5-4-14(19)2/h4-13H,3H2,1-2H3,(H,27,28)/b21-13-. The molecule has 2 aromatic carbocycles. The van der Waals surface area contributed by atoms with Crippen LogP contribution in [-0.4, -0.2) is 27.9 Å². The fourth-order valence-electron chi connectivity index (χ4n) is 3.27. The number of carboxylic acids is 1. The number of hydrogen-bond donors (Lipinski definition) is 1. The fourth-order valence-corrected chi connectivity index (χ4v) is 4.55. The number of carboxylic acid groups (broad SMARTS) is 1. The molecule has 3 aromatic rings. The SMILES string of the molecule is CCOc1ccc(N2C(=O)/C(=C/c3ccc(-c4cc(C(=O)O)ccc4C)o3)SC2=S)cc1. The summed E-state index contributed by atoms with van der Waals surface area (Å²) < 4.78 is 11.8. The lowest BCUT2D eigenvalue weighted by Crippen LogP contribution is -2.27. The third kappa shape index (κ3) is 4.32. The van der Waals surface area contributed by atoms with Crippen LogP contribution in [0.25, 0.3) is 17.4 Å². The Bertz CT molecular complexity index is 1240. The number of furan rings is 1. The van der Waals surface area contributed by atoms with Crippen molar-refractivity contribution in [1.29, 1.82) is 0 Å². The first kappa shape index (κ1) is 21.9. The van der Waals surface area contributed by atoms with Gasteiger partial charge in [-0.3, -0.25) is 9.69 Å². The second-order valence-corrected chi connectivity index (χ2v) is 8.66. The van der Waals surface area contributed by atoms with Crippen molar-refractivity contribution in [2.45, 2.75) is 13.8 Å². The van der Waals surface area contributed by atoms with Crippen LogP contribution in [0.5, 0.6) is 5.75 Å². The molecule has 0 atom stereocenters. The van der Waals surface area contributed by atoms with E-state index in [1.54, 1.807) is 60.7 Å². The van der Waals surface area contributed by atoms with Gasteiger partial charge in [0.2, 0.25) is 0 Å². The third-order valence-electron chi connectivity index (χ3n) is 4.85. The topological polar surface area (TPSA) is 80.0 Å². The maximum atomic E-state index is 13.0. The summed E-state index contributed by atoms with van der Waals surface area (Å²) in [5, 5.41) is 9.25. The van der Waals surface area contributed by atoms with E-state index in [1.165, 1.54) is 16.7 Å². The maximum absolute atomic E-state index is 13.0. The average Bonchev–Trinajstić information content (AvgIpc) is 3.33. The van der Waals surface area contributed by atoms with Crippen LogP contribution in [0.4, 0.5) is 5.69 Å². The normalized spacial score (nSPS) is 14.9. The Kier molecular flexibility index (Phi) is 6.16. The van der Waals surface area contributed by atoms with Crippen molar-refractivity contribution in [3.63, 3.8) is 0 Å². The number of carbonyl (C=O) groups is 2. The number of hydrogen-bond acceptors (Lipinski definition) is 6. The number of nitrogens with zero attached hydrogens (tertiary/aromatic N) is 1. The molecule has 6 nitrogen and oxygen atoms in total. The number of thioether (sulfide) groups is 1. The Morgan fingerprint density at radius 2 is 1.94 bits per heavy atom. The summed E-state index contributed by atoms with van der Waals surface area (Å²) in [5.41, 5.74) is 2.42. The van der Waals surface area contributed by atoms with E-state index < -0.39 is 5.97 Å². The minimum Gasteiger partial charge on any atom is -0.494 e. The summed E-state index contributed by atoms with van der Waals surface area (Å²) in [6.07, 6.45) is 1.65. The molecule has 1 saturated heterocycles. The van der Waals surface area contributed by atoms with Crippen molar-refractivity contribution >= 4 is 51.9 Å². The van der Waals surface area contributed by atoms with Crippen LogP contribution in [-0.2, 0) is 4.79 Å². The van der Waals surface area contributed by atoms with E-state index in [1.807, 2.05) is 13.8 Å². The van der Waals surface area contributed by atoms with Crippen molar-refractivity contribution in [2.75, 3.05) is 11.5 Å². The van der Waals surface area contributed by atoms with E-state index in [-0.39, 0.29) is 11.5 Å². The molecular weight excluding hydrogens is 446 g/mol. The summed E-state index contributed by atoms with van der Waals surface area (Å²) in [6.45, 7) is 4.35. The van der Waals surface area contributed by atoms with Gasteiger partial charge in [-0.05, 0) is 67.9 Å². The summed E-state index contributed by atoms with van der Waals surface area (Å²) in [7, 11) is 0. The van der Waals surface area contributed by atoms with Crippen molar-refractivity contribution in [3.8, 4) is 17.1 Å². The molecule has 4 rings (SSSR count). The Labute approximate surface area is 194 Å². The highest BCUT2D eigenvalue weighted by Gasteiger charge is 2.33. The first-order valence-corrected chi connectivity index (χ1v) is 11.0. The Balaban J connectivity index is 1.59. The smallest absolute Gasteiger partial charge is 0.335 e. The number of aromatic carboxylic acids is 1. The number of rotatable bonds is 6. The van der Waals surface area contributed by atoms with Crippen LogP contribution in [0, 0.1) is 6.92 Å². The number of benzene rings is 2. The lowest BCUT2D eigenvalue weighted by Gasteiger charge is -2.15. The van der Waals surface area contributed by atoms with Gasteiger partial charge in [0.25, 0.3) is 5.91 Å². The van der Waals surface area contributed by atoms with E-state index in [4.69, 9.17) is 21.4 Å². The van der Waals surface area contributed by atoms with Gasteiger partial charge in [-0.1, -0.05) is 30.0 Å². The van der Waals surface area contributed by atoms with Gasteiger partial charge in [-0.2, -0.15) is 0 Å². The molecule has 0 aliphatic carbocycles. The molecule has 1 aliphatic rings. The zero-order valence-corrected chi connectivity index (χ0v) is 19.0. The van der Waals surface area contributed by atoms with Gasteiger partial charge in [-0.25, -0.2) is 4.79 Å². The Morgan fingerprint density at radius 1 is 1.19 bits per heavy atom. The van der Waals surface area contributed by atoms with Crippen LogP contribution in [0.1, 0.15) is 28.6 Å². The van der Waals surface area contributed by atoms with Crippen LogP contribution < -0.4 is 9.64 Å². The fraction of sp³-hybridized carbons (Fsp3) is 0.125. The van der Waals surface area contributed by atoms with Gasteiger partial charge >= 0.3 is 5.97 Å². The second-order valence-electron chi connectivity index (χ2n) is 6.98. The van der Waals surface area contributed by atoms with Crippen LogP contribution in [0.3, 0.4) is 0 Å². The second kappa shape index (κ2) is 9.02. The molecule has 162 valence electrons. The predicted octanol–water partition coefficient (Wildman–Crippen LogP) is 5.76. The van der Waals surface area contributed by atoms with E-state index >= 15 is 0 Å². The monoisotopic (exact) mass is 465 g/mol. The number of anilines is 1. The molecule has 1 N–H and O–H groups in total. The van der Waals surface area contributed by atoms with Crippen molar-refractivity contribution < 1.29 is 23.8 Å². The van der Waals surface area contributed by atoms with Gasteiger partial charge in [0, 0.05) is 11.6 Å². The average molecular weight is 466 g/mol. The number of carbonyl (C=O) groups excluding carboxylic acids is 1. The van der Waals surface area contributed by atoms with E-state index in [0.717, 1.165) is 11.3 Å². The summed E-state index contributed by atoms with van der Waals surface area (Å²) >= 11 is 6.62. The highest BCUT2D eigenvalue weighted by Crippen LogP contribution is 2.37. The minimum atomic E-state index is -1.00. The number of aryl methyl sites for hydroxylation is 1. The minimum absolute atomic E-state index is 0.180. The van der Waals surface area contributed by atoms with Gasteiger partial charge in [-0.15, -0.1) is 0 Å². The van der Waals surface area contributed by atoms with Gasteiger partial charge in [0.15, 0.2) is 4.32 Å². The summed E-state index contributed by atoms with van der Waals surface area (Å²) in [4.78, 5) is 26.2. The zero-order chi connectivity index (χ0) is 22.8. The largest absolute Gasteiger partial charge is 0.494 e. The molecule has 8 heteroatoms. The molecule has 0 saturated carbocycles.